The Labute approximate surface area is 124 Å². The minimum atomic E-state index is -0.132. The van der Waals surface area contributed by atoms with Crippen molar-refractivity contribution in [3.05, 3.63) is 23.4 Å². The minimum Gasteiger partial charge on any atom is -0.373 e. The zero-order chi connectivity index (χ0) is 15.2. The standard InChI is InChI=1S/C15H22N4O2/c1-3-4-11-7-10(8-13(16-2)18-11)15(21)17-9-12-5-6-14(20)19-12/h7-8,12H,3-6,9H2,1-2H3,(H,16,18)(H,17,21)(H,19,20). The molecule has 1 atom stereocenters. The van der Waals surface area contributed by atoms with Gasteiger partial charge in [-0.1, -0.05) is 13.3 Å². The van der Waals surface area contributed by atoms with E-state index in [-0.39, 0.29) is 17.9 Å². The Kier molecular flexibility index (Phi) is 5.14. The van der Waals surface area contributed by atoms with Gasteiger partial charge in [-0.15, -0.1) is 0 Å². The zero-order valence-electron chi connectivity index (χ0n) is 12.5. The topological polar surface area (TPSA) is 83.1 Å². The maximum Gasteiger partial charge on any atom is 0.251 e. The molecular weight excluding hydrogens is 268 g/mol. The molecule has 0 saturated carbocycles. The van der Waals surface area contributed by atoms with Gasteiger partial charge in [0.25, 0.3) is 5.91 Å². The summed E-state index contributed by atoms with van der Waals surface area (Å²) in [6.45, 7) is 2.54. The van der Waals surface area contributed by atoms with Crippen molar-refractivity contribution in [3.63, 3.8) is 0 Å². The number of hydrogen-bond acceptors (Lipinski definition) is 4. The van der Waals surface area contributed by atoms with Crippen molar-refractivity contribution < 1.29 is 9.59 Å². The average molecular weight is 290 g/mol. The average Bonchev–Trinajstić information content (AvgIpc) is 2.90. The summed E-state index contributed by atoms with van der Waals surface area (Å²) >= 11 is 0. The number of aryl methyl sites for hydroxylation is 1. The minimum absolute atomic E-state index is 0.0437. The highest BCUT2D eigenvalue weighted by Crippen LogP contribution is 2.12. The Morgan fingerprint density at radius 1 is 1.48 bits per heavy atom. The first kappa shape index (κ1) is 15.3. The molecule has 1 aromatic heterocycles. The maximum atomic E-state index is 12.2. The van der Waals surface area contributed by atoms with Crippen molar-refractivity contribution in [2.75, 3.05) is 18.9 Å². The summed E-state index contributed by atoms with van der Waals surface area (Å²) in [6, 6.07) is 3.61. The van der Waals surface area contributed by atoms with E-state index in [0.717, 1.165) is 25.0 Å². The van der Waals surface area contributed by atoms with Crippen molar-refractivity contribution in [1.82, 2.24) is 15.6 Å². The van der Waals surface area contributed by atoms with Crippen LogP contribution in [0.4, 0.5) is 5.82 Å². The summed E-state index contributed by atoms with van der Waals surface area (Å²) in [6.07, 6.45) is 3.14. The Morgan fingerprint density at radius 2 is 2.29 bits per heavy atom. The molecule has 21 heavy (non-hydrogen) atoms. The van der Waals surface area contributed by atoms with Crippen molar-refractivity contribution in [3.8, 4) is 0 Å². The van der Waals surface area contributed by atoms with Gasteiger partial charge in [-0.3, -0.25) is 9.59 Å². The van der Waals surface area contributed by atoms with Gasteiger partial charge < -0.3 is 16.0 Å². The summed E-state index contributed by atoms with van der Waals surface area (Å²) < 4.78 is 0. The van der Waals surface area contributed by atoms with Crippen LogP contribution in [0.15, 0.2) is 12.1 Å². The number of nitrogens with zero attached hydrogens (tertiary/aromatic N) is 1. The van der Waals surface area contributed by atoms with Crippen LogP contribution in [0.2, 0.25) is 0 Å². The highest BCUT2D eigenvalue weighted by atomic mass is 16.2. The van der Waals surface area contributed by atoms with Gasteiger partial charge in [-0.25, -0.2) is 4.98 Å². The van der Waals surface area contributed by atoms with Crippen molar-refractivity contribution in [2.45, 2.75) is 38.6 Å². The predicted molar refractivity (Wildman–Crippen MR) is 81.3 cm³/mol. The van der Waals surface area contributed by atoms with E-state index in [2.05, 4.69) is 27.9 Å². The molecule has 0 spiro atoms. The molecule has 3 N–H and O–H groups in total. The molecule has 0 aromatic carbocycles. The molecule has 6 nitrogen and oxygen atoms in total. The number of rotatable bonds is 6. The first-order valence-electron chi connectivity index (χ1n) is 7.38. The Hall–Kier alpha value is -2.11. The highest BCUT2D eigenvalue weighted by Gasteiger charge is 2.21. The van der Waals surface area contributed by atoms with Crippen LogP contribution in [-0.2, 0) is 11.2 Å². The van der Waals surface area contributed by atoms with Gasteiger partial charge in [0, 0.05) is 37.3 Å². The second-order valence-corrected chi connectivity index (χ2v) is 5.25. The fourth-order valence-corrected chi connectivity index (χ4v) is 2.38. The predicted octanol–water partition coefficient (Wildman–Crippen LogP) is 1.08. The molecule has 2 heterocycles. The van der Waals surface area contributed by atoms with Crippen LogP contribution in [0, 0.1) is 0 Å². The van der Waals surface area contributed by atoms with Gasteiger partial charge in [0.05, 0.1) is 0 Å². The molecule has 1 unspecified atom stereocenters. The molecule has 1 aromatic rings. The lowest BCUT2D eigenvalue weighted by Gasteiger charge is -2.12. The second-order valence-electron chi connectivity index (χ2n) is 5.25. The molecule has 2 amide bonds. The summed E-state index contributed by atoms with van der Waals surface area (Å²) in [7, 11) is 1.79. The molecule has 0 bridgehead atoms. The van der Waals surface area contributed by atoms with Crippen molar-refractivity contribution >= 4 is 17.6 Å². The Balaban J connectivity index is 2.00. The molecular formula is C15H22N4O2. The SMILES string of the molecule is CCCc1cc(C(=O)NCC2CCC(=O)N2)cc(NC)n1. The van der Waals surface area contributed by atoms with E-state index in [9.17, 15) is 9.59 Å². The van der Waals surface area contributed by atoms with Gasteiger partial charge in [0.2, 0.25) is 5.91 Å². The van der Waals surface area contributed by atoms with E-state index in [1.807, 2.05) is 6.07 Å². The van der Waals surface area contributed by atoms with Crippen molar-refractivity contribution in [1.29, 1.82) is 0 Å². The third kappa shape index (κ3) is 4.18. The number of aromatic nitrogens is 1. The van der Waals surface area contributed by atoms with Crippen LogP contribution < -0.4 is 16.0 Å². The third-order valence-corrected chi connectivity index (χ3v) is 3.50. The van der Waals surface area contributed by atoms with Crippen molar-refractivity contribution in [2.24, 2.45) is 0 Å². The quantitative estimate of drug-likeness (QED) is 0.732. The molecule has 1 aliphatic heterocycles. The lowest BCUT2D eigenvalue weighted by atomic mass is 10.1. The maximum absolute atomic E-state index is 12.2. The second kappa shape index (κ2) is 7.06. The first-order valence-corrected chi connectivity index (χ1v) is 7.38. The van der Waals surface area contributed by atoms with Gasteiger partial charge in [-0.2, -0.15) is 0 Å². The molecule has 2 rings (SSSR count). The number of pyridine rings is 1. The van der Waals surface area contributed by atoms with Crippen LogP contribution in [0.1, 0.15) is 42.2 Å². The number of carbonyl (C=O) groups is 2. The fourth-order valence-electron chi connectivity index (χ4n) is 2.38. The van der Waals surface area contributed by atoms with Crippen LogP contribution in [0.25, 0.3) is 0 Å². The van der Waals surface area contributed by atoms with E-state index in [4.69, 9.17) is 0 Å². The van der Waals surface area contributed by atoms with Gasteiger partial charge in [-0.05, 0) is 25.0 Å². The van der Waals surface area contributed by atoms with Gasteiger partial charge >= 0.3 is 0 Å². The lowest BCUT2D eigenvalue weighted by Crippen LogP contribution is -2.38. The van der Waals surface area contributed by atoms with Crippen LogP contribution in [-0.4, -0.2) is 36.4 Å². The van der Waals surface area contributed by atoms with E-state index in [1.165, 1.54) is 0 Å². The van der Waals surface area contributed by atoms with Crippen LogP contribution in [0.5, 0.6) is 0 Å². The summed E-state index contributed by atoms with van der Waals surface area (Å²) in [5.41, 5.74) is 1.51. The molecule has 0 aliphatic carbocycles. The van der Waals surface area contributed by atoms with E-state index in [1.54, 1.807) is 13.1 Å². The van der Waals surface area contributed by atoms with Crippen LogP contribution >= 0.6 is 0 Å². The number of amides is 2. The Morgan fingerprint density at radius 3 is 2.90 bits per heavy atom. The molecule has 114 valence electrons. The number of hydrogen-bond donors (Lipinski definition) is 3. The summed E-state index contributed by atoms with van der Waals surface area (Å²) in [5.74, 6) is 0.619. The monoisotopic (exact) mass is 290 g/mol. The largest absolute Gasteiger partial charge is 0.373 e. The zero-order valence-corrected chi connectivity index (χ0v) is 12.5. The fraction of sp³-hybridized carbons (Fsp3) is 0.533. The first-order chi connectivity index (χ1) is 10.1. The number of nitrogens with one attached hydrogen (secondary N) is 3. The van der Waals surface area contributed by atoms with E-state index >= 15 is 0 Å². The summed E-state index contributed by atoms with van der Waals surface area (Å²) in [5, 5.41) is 8.69. The third-order valence-electron chi connectivity index (χ3n) is 3.50. The molecule has 1 aliphatic rings. The summed E-state index contributed by atoms with van der Waals surface area (Å²) in [4.78, 5) is 27.8. The van der Waals surface area contributed by atoms with E-state index in [0.29, 0.717) is 24.3 Å². The molecule has 0 radical (unpaired) electrons. The number of carbonyl (C=O) groups excluding carboxylic acids is 2. The normalized spacial score (nSPS) is 17.4. The molecule has 1 saturated heterocycles. The Bertz CT molecular complexity index is 530. The molecule has 1 fully saturated rings. The van der Waals surface area contributed by atoms with Gasteiger partial charge in [0.15, 0.2) is 0 Å². The highest BCUT2D eigenvalue weighted by molar-refractivity contribution is 5.95. The number of anilines is 1. The molecule has 6 heteroatoms. The smallest absolute Gasteiger partial charge is 0.251 e. The van der Waals surface area contributed by atoms with Gasteiger partial charge in [0.1, 0.15) is 5.82 Å². The van der Waals surface area contributed by atoms with Crippen LogP contribution in [0.3, 0.4) is 0 Å². The lowest BCUT2D eigenvalue weighted by molar-refractivity contribution is -0.119. The van der Waals surface area contributed by atoms with E-state index < -0.39 is 0 Å².